The molecule has 6 heteroatoms. The second-order valence-corrected chi connectivity index (χ2v) is 6.41. The lowest BCUT2D eigenvalue weighted by Crippen LogP contribution is -2.46. The minimum atomic E-state index is -0.460. The van der Waals surface area contributed by atoms with Crippen LogP contribution in [0.4, 0.5) is 10.6 Å². The zero-order chi connectivity index (χ0) is 17.1. The van der Waals surface area contributed by atoms with Gasteiger partial charge < -0.3 is 10.4 Å². The molecule has 1 aromatic heterocycles. The van der Waals surface area contributed by atoms with E-state index in [9.17, 15) is 9.90 Å². The van der Waals surface area contributed by atoms with Crippen molar-refractivity contribution in [3.05, 3.63) is 35.9 Å². The molecule has 1 fully saturated rings. The summed E-state index contributed by atoms with van der Waals surface area (Å²) in [6.45, 7) is 2.04. The Balaban J connectivity index is 1.69. The summed E-state index contributed by atoms with van der Waals surface area (Å²) in [5, 5.41) is 20.1. The average Bonchev–Trinajstić information content (AvgIpc) is 2.90. The number of hydrogen-bond acceptors (Lipinski definition) is 3. The van der Waals surface area contributed by atoms with Crippen molar-refractivity contribution in [3.8, 4) is 11.3 Å². The minimum Gasteiger partial charge on any atom is -0.391 e. The fourth-order valence-electron chi connectivity index (χ4n) is 3.18. The second-order valence-electron chi connectivity index (χ2n) is 6.41. The van der Waals surface area contributed by atoms with Gasteiger partial charge in [-0.15, -0.1) is 0 Å². The summed E-state index contributed by atoms with van der Waals surface area (Å²) in [7, 11) is 1.80. The highest BCUT2D eigenvalue weighted by Crippen LogP contribution is 2.24. The van der Waals surface area contributed by atoms with E-state index in [1.165, 1.54) is 0 Å². The Morgan fingerprint density at radius 3 is 2.79 bits per heavy atom. The summed E-state index contributed by atoms with van der Waals surface area (Å²) in [6.07, 6.45) is 3.15. The molecule has 2 atom stereocenters. The molecule has 6 nitrogen and oxygen atoms in total. The molecular formula is C18H24N4O2. The third-order valence-electron chi connectivity index (χ3n) is 4.59. The van der Waals surface area contributed by atoms with Crippen molar-refractivity contribution in [2.24, 2.45) is 7.05 Å². The topological polar surface area (TPSA) is 79.2 Å². The number of aliphatic hydroxyl groups excluding tert-OH is 1. The van der Waals surface area contributed by atoms with Crippen LogP contribution in [0.5, 0.6) is 0 Å². The highest BCUT2D eigenvalue weighted by molar-refractivity contribution is 5.89. The first-order valence-corrected chi connectivity index (χ1v) is 8.40. The van der Waals surface area contributed by atoms with Gasteiger partial charge in [0.25, 0.3) is 0 Å². The van der Waals surface area contributed by atoms with Crippen molar-refractivity contribution in [2.75, 3.05) is 5.32 Å². The maximum atomic E-state index is 12.2. The van der Waals surface area contributed by atoms with Crippen LogP contribution >= 0.6 is 0 Å². The molecule has 0 unspecified atom stereocenters. The van der Waals surface area contributed by atoms with Gasteiger partial charge in [0.2, 0.25) is 0 Å². The monoisotopic (exact) mass is 328 g/mol. The molecule has 2 aromatic rings. The zero-order valence-electron chi connectivity index (χ0n) is 14.1. The fourth-order valence-corrected chi connectivity index (χ4v) is 3.18. The van der Waals surface area contributed by atoms with E-state index >= 15 is 0 Å². The Bertz CT molecular complexity index is 726. The number of anilines is 1. The largest absolute Gasteiger partial charge is 0.391 e. The van der Waals surface area contributed by atoms with E-state index in [0.29, 0.717) is 5.82 Å². The van der Waals surface area contributed by atoms with E-state index in [1.807, 2.05) is 37.3 Å². The Morgan fingerprint density at radius 2 is 2.04 bits per heavy atom. The molecule has 0 radical (unpaired) electrons. The molecule has 1 aliphatic rings. The number of amides is 2. The van der Waals surface area contributed by atoms with Crippen molar-refractivity contribution in [2.45, 2.75) is 44.8 Å². The van der Waals surface area contributed by atoms with Crippen LogP contribution in [0.25, 0.3) is 11.3 Å². The Hall–Kier alpha value is -2.34. The number of hydrogen-bond donors (Lipinski definition) is 3. The van der Waals surface area contributed by atoms with Crippen molar-refractivity contribution in [1.82, 2.24) is 15.1 Å². The smallest absolute Gasteiger partial charge is 0.320 e. The normalized spacial score (nSPS) is 20.6. The summed E-state index contributed by atoms with van der Waals surface area (Å²) in [5.74, 6) is 0.621. The second kappa shape index (κ2) is 7.05. The predicted octanol–water partition coefficient (Wildman–Crippen LogP) is 2.82. The number of urea groups is 1. The Kier molecular flexibility index (Phi) is 4.85. The highest BCUT2D eigenvalue weighted by Gasteiger charge is 2.24. The summed E-state index contributed by atoms with van der Waals surface area (Å²) in [6, 6.07) is 9.39. The van der Waals surface area contributed by atoms with Gasteiger partial charge in [0.05, 0.1) is 17.8 Å². The lowest BCUT2D eigenvalue weighted by Gasteiger charge is -2.28. The zero-order valence-corrected chi connectivity index (χ0v) is 14.1. The molecule has 0 bridgehead atoms. The molecule has 1 heterocycles. The lowest BCUT2D eigenvalue weighted by molar-refractivity contribution is 0.0955. The molecule has 1 aliphatic carbocycles. The van der Waals surface area contributed by atoms with E-state index in [4.69, 9.17) is 0 Å². The van der Waals surface area contributed by atoms with Crippen molar-refractivity contribution >= 4 is 11.8 Å². The summed E-state index contributed by atoms with van der Waals surface area (Å²) >= 11 is 0. The quantitative estimate of drug-likeness (QED) is 0.810. The van der Waals surface area contributed by atoms with Crippen molar-refractivity contribution in [1.29, 1.82) is 0 Å². The third-order valence-corrected chi connectivity index (χ3v) is 4.59. The van der Waals surface area contributed by atoms with Crippen LogP contribution < -0.4 is 10.6 Å². The molecule has 128 valence electrons. The van der Waals surface area contributed by atoms with Crippen LogP contribution in [0, 0.1) is 6.92 Å². The van der Waals surface area contributed by atoms with Crippen LogP contribution in [-0.2, 0) is 7.05 Å². The number of nitrogens with one attached hydrogen (secondary N) is 2. The van der Waals surface area contributed by atoms with Crippen LogP contribution in [0.15, 0.2) is 30.3 Å². The van der Waals surface area contributed by atoms with Gasteiger partial charge in [-0.2, -0.15) is 5.10 Å². The van der Waals surface area contributed by atoms with Crippen molar-refractivity contribution in [3.63, 3.8) is 0 Å². The number of carbonyl (C=O) groups is 1. The van der Waals surface area contributed by atoms with Crippen LogP contribution in [-0.4, -0.2) is 33.1 Å². The number of aromatic nitrogens is 2. The number of rotatable bonds is 3. The molecule has 1 saturated carbocycles. The van der Waals surface area contributed by atoms with Gasteiger partial charge in [0.1, 0.15) is 5.82 Å². The molecule has 0 saturated heterocycles. The van der Waals surface area contributed by atoms with E-state index in [2.05, 4.69) is 15.7 Å². The SMILES string of the molecule is Cc1ccccc1-c1cc(NC(=O)N[C@H]2CCCC[C@@H]2O)n(C)n1. The molecule has 24 heavy (non-hydrogen) atoms. The number of aliphatic hydroxyl groups is 1. The minimum absolute atomic E-state index is 0.178. The average molecular weight is 328 g/mol. The molecule has 2 amide bonds. The number of aryl methyl sites for hydroxylation is 2. The van der Waals surface area contributed by atoms with Crippen LogP contribution in [0.1, 0.15) is 31.2 Å². The van der Waals surface area contributed by atoms with Gasteiger partial charge in [-0.25, -0.2) is 4.79 Å². The number of carbonyl (C=O) groups excluding carboxylic acids is 1. The van der Waals surface area contributed by atoms with Crippen LogP contribution in [0.3, 0.4) is 0 Å². The number of benzene rings is 1. The van der Waals surface area contributed by atoms with Gasteiger partial charge in [0, 0.05) is 18.7 Å². The Labute approximate surface area is 141 Å². The van der Waals surface area contributed by atoms with Crippen molar-refractivity contribution < 1.29 is 9.90 Å². The maximum Gasteiger partial charge on any atom is 0.320 e. The molecule has 3 N–H and O–H groups in total. The highest BCUT2D eigenvalue weighted by atomic mass is 16.3. The Morgan fingerprint density at radius 1 is 1.29 bits per heavy atom. The number of nitrogens with zero attached hydrogens (tertiary/aromatic N) is 2. The van der Waals surface area contributed by atoms with Gasteiger partial charge in [-0.1, -0.05) is 37.1 Å². The third kappa shape index (κ3) is 3.59. The summed E-state index contributed by atoms with van der Waals surface area (Å²) in [4.78, 5) is 12.2. The summed E-state index contributed by atoms with van der Waals surface area (Å²) < 4.78 is 1.65. The molecule has 0 spiro atoms. The van der Waals surface area contributed by atoms with E-state index in [-0.39, 0.29) is 12.1 Å². The molecule has 1 aromatic carbocycles. The first-order chi connectivity index (χ1) is 11.5. The van der Waals surface area contributed by atoms with E-state index < -0.39 is 6.10 Å². The van der Waals surface area contributed by atoms with E-state index in [1.54, 1.807) is 11.7 Å². The molecule has 0 aliphatic heterocycles. The standard InChI is InChI=1S/C18H24N4O2/c1-12-7-3-4-8-13(12)15-11-17(22(2)21-15)20-18(24)19-14-9-5-6-10-16(14)23/h3-4,7-8,11,14,16,23H,5-6,9-10H2,1-2H3,(H2,19,20,24)/t14-,16-/m0/s1. The molecular weight excluding hydrogens is 304 g/mol. The van der Waals surface area contributed by atoms with E-state index in [0.717, 1.165) is 42.5 Å². The van der Waals surface area contributed by atoms with Gasteiger partial charge in [0.15, 0.2) is 0 Å². The first-order valence-electron chi connectivity index (χ1n) is 8.40. The van der Waals surface area contributed by atoms with Crippen LogP contribution in [0.2, 0.25) is 0 Å². The first kappa shape index (κ1) is 16.5. The maximum absolute atomic E-state index is 12.2. The van der Waals surface area contributed by atoms with Gasteiger partial charge in [-0.3, -0.25) is 10.00 Å². The van der Waals surface area contributed by atoms with Gasteiger partial charge in [-0.05, 0) is 25.3 Å². The molecule has 3 rings (SSSR count). The van der Waals surface area contributed by atoms with Gasteiger partial charge >= 0.3 is 6.03 Å². The summed E-state index contributed by atoms with van der Waals surface area (Å²) in [5.41, 5.74) is 3.00. The lowest BCUT2D eigenvalue weighted by atomic mass is 9.93. The predicted molar refractivity (Wildman–Crippen MR) is 93.8 cm³/mol. The fraction of sp³-hybridized carbons (Fsp3) is 0.444.